The Morgan fingerprint density at radius 2 is 1.43 bits per heavy atom. The molecule has 30 heavy (non-hydrogen) atoms. The minimum Gasteiger partial charge on any atom is -0.359 e. The number of H-pyrrole nitrogens is 1. The van der Waals surface area contributed by atoms with Crippen molar-refractivity contribution in [3.63, 3.8) is 0 Å². The van der Waals surface area contributed by atoms with Crippen molar-refractivity contribution >= 4 is 33.9 Å². The number of nitrogens with zero attached hydrogens (tertiary/aromatic N) is 2. The average molecular weight is 416 g/mol. The Bertz CT molecular complexity index is 1300. The molecule has 5 nitrogen and oxygen atoms in total. The summed E-state index contributed by atoms with van der Waals surface area (Å²) in [6.45, 7) is 0. The predicted molar refractivity (Wildman–Crippen MR) is 122 cm³/mol. The van der Waals surface area contributed by atoms with Crippen LogP contribution in [0.1, 0.15) is 20.7 Å². The topological polar surface area (TPSA) is 56.4 Å². The van der Waals surface area contributed by atoms with Crippen LogP contribution in [-0.4, -0.2) is 54.8 Å². The maximum atomic E-state index is 13.0. The summed E-state index contributed by atoms with van der Waals surface area (Å²) < 4.78 is 0. The second-order valence-corrected chi connectivity index (χ2v) is 8.85. The number of benzene rings is 2. The Morgan fingerprint density at radius 3 is 2.00 bits per heavy atom. The lowest BCUT2D eigenvalue weighted by atomic mass is 9.93. The van der Waals surface area contributed by atoms with Crippen molar-refractivity contribution in [2.24, 2.45) is 0 Å². The minimum absolute atomic E-state index is 0.108. The number of hydrogen-bond donors (Lipinski definition) is 1. The molecule has 2 amide bonds. The number of nitrogens with one attached hydrogen (secondary N) is 1. The SMILES string of the molecule is CN(C)C(=O)c1ccc2c3c(ccc(C(=O)N(C)C)c13)-c1c-2c[nH]c1-c1cccs1. The molecular formula is C24H21N3O2S. The molecule has 5 rings (SSSR count). The van der Waals surface area contributed by atoms with E-state index >= 15 is 0 Å². The molecule has 1 N–H and O–H groups in total. The van der Waals surface area contributed by atoms with Crippen LogP contribution in [0.3, 0.4) is 0 Å². The number of amides is 2. The van der Waals surface area contributed by atoms with Gasteiger partial charge >= 0.3 is 0 Å². The van der Waals surface area contributed by atoms with Gasteiger partial charge in [-0.05, 0) is 40.1 Å². The molecule has 0 bridgehead atoms. The molecule has 1 aliphatic carbocycles. The van der Waals surface area contributed by atoms with Crippen molar-refractivity contribution in [2.45, 2.75) is 0 Å². The largest absolute Gasteiger partial charge is 0.359 e. The number of hydrogen-bond acceptors (Lipinski definition) is 3. The van der Waals surface area contributed by atoms with Gasteiger partial charge in [-0.1, -0.05) is 18.2 Å². The highest BCUT2D eigenvalue weighted by Gasteiger charge is 2.31. The summed E-state index contributed by atoms with van der Waals surface area (Å²) in [5.41, 5.74) is 6.54. The van der Waals surface area contributed by atoms with Gasteiger partial charge in [-0.25, -0.2) is 0 Å². The number of carbonyl (C=O) groups is 2. The fourth-order valence-corrected chi connectivity index (χ4v) is 5.04. The second-order valence-electron chi connectivity index (χ2n) is 7.90. The molecule has 150 valence electrons. The van der Waals surface area contributed by atoms with E-state index in [1.54, 1.807) is 49.3 Å². The van der Waals surface area contributed by atoms with Gasteiger partial charge in [-0.15, -0.1) is 11.3 Å². The standard InChI is InChI=1S/C24H21N3O2S/c1-26(2)23(28)15-9-7-13-17-12-25-22(18-6-5-11-30-18)21(17)14-8-10-16(20(15)19(13)14)24(29)27(3)4/h5-12,25H,1-4H3. The zero-order valence-corrected chi connectivity index (χ0v) is 18.1. The summed E-state index contributed by atoms with van der Waals surface area (Å²) in [5.74, 6) is -0.216. The van der Waals surface area contributed by atoms with Gasteiger partial charge in [0.2, 0.25) is 0 Å². The molecule has 2 aromatic heterocycles. The smallest absolute Gasteiger partial charge is 0.253 e. The lowest BCUT2D eigenvalue weighted by Gasteiger charge is -2.18. The number of rotatable bonds is 3. The molecule has 0 radical (unpaired) electrons. The van der Waals surface area contributed by atoms with Crippen LogP contribution in [0.25, 0.3) is 43.6 Å². The first-order chi connectivity index (χ1) is 14.4. The van der Waals surface area contributed by atoms with Gasteiger partial charge in [0.05, 0.1) is 10.6 Å². The number of aromatic amines is 1. The highest BCUT2D eigenvalue weighted by Crippen LogP contribution is 2.52. The van der Waals surface area contributed by atoms with Crippen molar-refractivity contribution in [1.29, 1.82) is 0 Å². The van der Waals surface area contributed by atoms with Crippen LogP contribution in [0.2, 0.25) is 0 Å². The first kappa shape index (κ1) is 18.6. The molecule has 4 aromatic rings. The van der Waals surface area contributed by atoms with E-state index in [4.69, 9.17) is 0 Å². The molecule has 1 aliphatic rings. The number of carbonyl (C=O) groups excluding carboxylic acids is 2. The molecule has 0 fully saturated rings. The first-order valence-corrected chi connectivity index (χ1v) is 10.6. The number of fused-ring (bicyclic) bond motifs is 3. The predicted octanol–water partition coefficient (Wildman–Crippen LogP) is 4.95. The molecule has 2 aromatic carbocycles. The Hall–Kier alpha value is -3.38. The van der Waals surface area contributed by atoms with E-state index in [1.807, 2.05) is 36.5 Å². The first-order valence-electron chi connectivity index (χ1n) is 9.69. The van der Waals surface area contributed by atoms with Crippen molar-refractivity contribution in [3.8, 4) is 32.8 Å². The highest BCUT2D eigenvalue weighted by molar-refractivity contribution is 7.13. The zero-order chi connectivity index (χ0) is 21.2. The molecule has 0 saturated carbocycles. The van der Waals surface area contributed by atoms with E-state index < -0.39 is 0 Å². The molecule has 0 aliphatic heterocycles. The molecule has 0 atom stereocenters. The van der Waals surface area contributed by atoms with Crippen molar-refractivity contribution in [3.05, 3.63) is 59.1 Å². The fourth-order valence-electron chi connectivity index (χ4n) is 4.30. The third-order valence-electron chi connectivity index (χ3n) is 5.64. The second kappa shape index (κ2) is 6.57. The normalized spacial score (nSPS) is 11.6. The maximum absolute atomic E-state index is 13.0. The van der Waals surface area contributed by atoms with E-state index in [9.17, 15) is 9.59 Å². The molecule has 0 unspecified atom stereocenters. The van der Waals surface area contributed by atoms with E-state index in [1.165, 1.54) is 0 Å². The van der Waals surface area contributed by atoms with Crippen LogP contribution in [0.4, 0.5) is 0 Å². The van der Waals surface area contributed by atoms with Crippen molar-refractivity contribution in [1.82, 2.24) is 14.8 Å². The van der Waals surface area contributed by atoms with Gasteiger partial charge in [0.15, 0.2) is 0 Å². The summed E-state index contributed by atoms with van der Waals surface area (Å²) in [4.78, 5) is 33.7. The van der Waals surface area contributed by atoms with E-state index in [-0.39, 0.29) is 11.8 Å². The third kappa shape index (κ3) is 2.47. The van der Waals surface area contributed by atoms with Gasteiger partial charge < -0.3 is 14.8 Å². The van der Waals surface area contributed by atoms with E-state index in [0.29, 0.717) is 11.1 Å². The average Bonchev–Trinajstić information content (AvgIpc) is 3.45. The molecule has 2 heterocycles. The molecule has 0 saturated heterocycles. The third-order valence-corrected chi connectivity index (χ3v) is 6.53. The summed E-state index contributed by atoms with van der Waals surface area (Å²) in [5, 5.41) is 3.77. The van der Waals surface area contributed by atoms with Crippen LogP contribution >= 0.6 is 11.3 Å². The maximum Gasteiger partial charge on any atom is 0.253 e. The van der Waals surface area contributed by atoms with Crippen LogP contribution in [0.5, 0.6) is 0 Å². The monoisotopic (exact) mass is 415 g/mol. The molecule has 0 spiro atoms. The molecule has 6 heteroatoms. The van der Waals surface area contributed by atoms with Crippen LogP contribution in [0.15, 0.2) is 48.0 Å². The summed E-state index contributed by atoms with van der Waals surface area (Å²) in [6, 6.07) is 11.9. The number of thiophene rings is 1. The minimum atomic E-state index is -0.108. The molecular weight excluding hydrogens is 394 g/mol. The quantitative estimate of drug-likeness (QED) is 0.453. The highest BCUT2D eigenvalue weighted by atomic mass is 32.1. The Balaban J connectivity index is 1.88. The van der Waals surface area contributed by atoms with Crippen LogP contribution < -0.4 is 0 Å². The summed E-state index contributed by atoms with van der Waals surface area (Å²) in [7, 11) is 6.93. The van der Waals surface area contributed by atoms with Gasteiger partial charge in [0.25, 0.3) is 11.8 Å². The van der Waals surface area contributed by atoms with Gasteiger partial charge in [0, 0.05) is 62.0 Å². The van der Waals surface area contributed by atoms with Gasteiger partial charge in [-0.3, -0.25) is 9.59 Å². The van der Waals surface area contributed by atoms with Crippen molar-refractivity contribution in [2.75, 3.05) is 28.2 Å². The van der Waals surface area contributed by atoms with Crippen molar-refractivity contribution < 1.29 is 9.59 Å². The van der Waals surface area contributed by atoms with Crippen LogP contribution in [0, 0.1) is 0 Å². The Labute approximate surface area is 178 Å². The Morgan fingerprint density at radius 1 is 0.800 bits per heavy atom. The summed E-state index contributed by atoms with van der Waals surface area (Å²) in [6.07, 6.45) is 2.03. The lowest BCUT2D eigenvalue weighted by Crippen LogP contribution is -2.25. The van der Waals surface area contributed by atoms with Gasteiger partial charge in [-0.2, -0.15) is 0 Å². The van der Waals surface area contributed by atoms with Crippen LogP contribution in [-0.2, 0) is 0 Å². The summed E-state index contributed by atoms with van der Waals surface area (Å²) >= 11 is 1.69. The van der Waals surface area contributed by atoms with Gasteiger partial charge in [0.1, 0.15) is 0 Å². The lowest BCUT2D eigenvalue weighted by molar-refractivity contribution is 0.0828. The van der Waals surface area contributed by atoms with E-state index in [2.05, 4.69) is 16.4 Å². The fraction of sp³-hybridized carbons (Fsp3) is 0.167. The Kier molecular flexibility index (Phi) is 4.08. The number of aromatic nitrogens is 1. The van der Waals surface area contributed by atoms with E-state index in [0.717, 1.165) is 43.6 Å². The zero-order valence-electron chi connectivity index (χ0n) is 17.2.